The molecule has 0 fully saturated rings. The molecule has 0 spiro atoms. The summed E-state index contributed by atoms with van der Waals surface area (Å²) in [6, 6.07) is 12.2. The van der Waals surface area contributed by atoms with Gasteiger partial charge in [-0.15, -0.1) is 0 Å². The van der Waals surface area contributed by atoms with E-state index in [0.29, 0.717) is 36.4 Å². The quantitative estimate of drug-likeness (QED) is 0.849. The molecule has 1 atom stereocenters. The molecule has 28 heavy (non-hydrogen) atoms. The number of hydrogen-bond acceptors (Lipinski definition) is 5. The van der Waals surface area contributed by atoms with Gasteiger partial charge in [-0.05, 0) is 48.7 Å². The molecule has 0 saturated heterocycles. The van der Waals surface area contributed by atoms with Crippen LogP contribution in [-0.2, 0) is 21.2 Å². The normalized spacial score (nSPS) is 18.9. The van der Waals surface area contributed by atoms with E-state index >= 15 is 0 Å². The first-order valence-corrected chi connectivity index (χ1v) is 10.6. The lowest BCUT2D eigenvalue weighted by molar-refractivity contribution is -0.116. The third-order valence-electron chi connectivity index (χ3n) is 4.94. The molecule has 2 aliphatic heterocycles. The lowest BCUT2D eigenvalue weighted by atomic mass is 10.1. The number of likely N-dealkylation sites (N-methyl/N-ethyl adjacent to an activating group) is 1. The Labute approximate surface area is 164 Å². The van der Waals surface area contributed by atoms with Crippen molar-refractivity contribution in [1.82, 2.24) is 4.31 Å². The van der Waals surface area contributed by atoms with Crippen LogP contribution in [0.5, 0.6) is 11.5 Å². The molecule has 7 nitrogen and oxygen atoms in total. The SMILES string of the molecule is CN(CC1COc2ccccc2O1)S(=O)(=O)c1ccc2c(c1)CCCC(=O)N2. The maximum absolute atomic E-state index is 13.0. The van der Waals surface area contributed by atoms with Crippen LogP contribution in [0, 0.1) is 0 Å². The molecule has 1 amide bonds. The highest BCUT2D eigenvalue weighted by molar-refractivity contribution is 7.89. The minimum Gasteiger partial charge on any atom is -0.486 e. The van der Waals surface area contributed by atoms with E-state index < -0.39 is 16.1 Å². The fraction of sp³-hybridized carbons (Fsp3) is 0.350. The first-order chi connectivity index (χ1) is 13.4. The van der Waals surface area contributed by atoms with Crippen LogP contribution in [0.1, 0.15) is 18.4 Å². The summed E-state index contributed by atoms with van der Waals surface area (Å²) < 4.78 is 38.9. The van der Waals surface area contributed by atoms with Gasteiger partial charge in [0, 0.05) is 19.2 Å². The molecular formula is C20H22N2O5S. The number of anilines is 1. The van der Waals surface area contributed by atoms with E-state index in [1.54, 1.807) is 18.2 Å². The Morgan fingerprint density at radius 3 is 2.75 bits per heavy atom. The number of hydrogen-bond donors (Lipinski definition) is 1. The van der Waals surface area contributed by atoms with Crippen molar-refractivity contribution in [2.24, 2.45) is 0 Å². The van der Waals surface area contributed by atoms with Crippen LogP contribution in [0.15, 0.2) is 47.4 Å². The van der Waals surface area contributed by atoms with Crippen LogP contribution < -0.4 is 14.8 Å². The van der Waals surface area contributed by atoms with Crippen molar-refractivity contribution >= 4 is 21.6 Å². The van der Waals surface area contributed by atoms with E-state index in [2.05, 4.69) is 5.32 Å². The molecule has 4 rings (SSSR count). The van der Waals surface area contributed by atoms with Gasteiger partial charge in [-0.25, -0.2) is 8.42 Å². The van der Waals surface area contributed by atoms with E-state index in [1.807, 2.05) is 18.2 Å². The number of sulfonamides is 1. The Bertz CT molecular complexity index is 1010. The van der Waals surface area contributed by atoms with Crippen LogP contribution in [0.3, 0.4) is 0 Å². The highest BCUT2D eigenvalue weighted by Gasteiger charge is 2.28. The van der Waals surface area contributed by atoms with Crippen LogP contribution in [0.2, 0.25) is 0 Å². The van der Waals surface area contributed by atoms with Gasteiger partial charge in [0.25, 0.3) is 0 Å². The van der Waals surface area contributed by atoms with Crippen LogP contribution >= 0.6 is 0 Å². The number of fused-ring (bicyclic) bond motifs is 2. The minimum absolute atomic E-state index is 0.0406. The number of nitrogens with one attached hydrogen (secondary N) is 1. The van der Waals surface area contributed by atoms with Gasteiger partial charge in [-0.3, -0.25) is 4.79 Å². The smallest absolute Gasteiger partial charge is 0.242 e. The minimum atomic E-state index is -3.69. The summed E-state index contributed by atoms with van der Waals surface area (Å²) in [7, 11) is -2.16. The molecule has 0 aliphatic carbocycles. The van der Waals surface area contributed by atoms with Gasteiger partial charge < -0.3 is 14.8 Å². The average Bonchev–Trinajstić information content (AvgIpc) is 2.87. The van der Waals surface area contributed by atoms with Crippen LogP contribution in [0.25, 0.3) is 0 Å². The van der Waals surface area contributed by atoms with Gasteiger partial charge in [0.2, 0.25) is 15.9 Å². The van der Waals surface area contributed by atoms with Crippen molar-refractivity contribution in [3.63, 3.8) is 0 Å². The molecule has 0 saturated carbocycles. The van der Waals surface area contributed by atoms with Crippen molar-refractivity contribution in [3.05, 3.63) is 48.0 Å². The summed E-state index contributed by atoms with van der Waals surface area (Å²) in [6.07, 6.45) is 1.41. The standard InChI is InChI=1S/C20H22N2O5S/c1-22(12-15-13-26-18-6-2-3-7-19(18)27-15)28(24,25)16-9-10-17-14(11-16)5-4-8-20(23)21-17/h2-3,6-7,9-11,15H,4-5,8,12-13H2,1H3,(H,21,23). The largest absolute Gasteiger partial charge is 0.486 e. The Balaban J connectivity index is 1.50. The third-order valence-corrected chi connectivity index (χ3v) is 6.76. The molecule has 1 N–H and O–H groups in total. The van der Waals surface area contributed by atoms with Crippen molar-refractivity contribution in [2.45, 2.75) is 30.3 Å². The second-order valence-electron chi connectivity index (χ2n) is 7.00. The average molecular weight is 402 g/mol. The molecule has 2 heterocycles. The topological polar surface area (TPSA) is 84.9 Å². The predicted molar refractivity (Wildman–Crippen MR) is 104 cm³/mol. The van der Waals surface area contributed by atoms with E-state index in [0.717, 1.165) is 5.56 Å². The number of nitrogens with zero attached hydrogens (tertiary/aromatic N) is 1. The summed E-state index contributed by atoms with van der Waals surface area (Å²) in [4.78, 5) is 11.9. The maximum Gasteiger partial charge on any atom is 0.242 e. The molecule has 0 aromatic heterocycles. The fourth-order valence-electron chi connectivity index (χ4n) is 3.43. The first-order valence-electron chi connectivity index (χ1n) is 9.21. The summed E-state index contributed by atoms with van der Waals surface area (Å²) in [6.45, 7) is 0.456. The number of amides is 1. The number of carbonyl (C=O) groups excluding carboxylic acids is 1. The number of para-hydroxylation sites is 2. The maximum atomic E-state index is 13.0. The molecule has 2 aromatic carbocycles. The Hall–Kier alpha value is -2.58. The summed E-state index contributed by atoms with van der Waals surface area (Å²) >= 11 is 0. The van der Waals surface area contributed by atoms with Gasteiger partial charge in [0.1, 0.15) is 12.7 Å². The lowest BCUT2D eigenvalue weighted by Crippen LogP contribution is -2.41. The number of ether oxygens (including phenoxy) is 2. The number of carbonyl (C=O) groups is 1. The number of aryl methyl sites for hydroxylation is 1. The van der Waals surface area contributed by atoms with Gasteiger partial charge >= 0.3 is 0 Å². The van der Waals surface area contributed by atoms with Crippen molar-refractivity contribution < 1.29 is 22.7 Å². The molecular weight excluding hydrogens is 380 g/mol. The monoisotopic (exact) mass is 402 g/mol. The zero-order valence-electron chi connectivity index (χ0n) is 15.6. The molecule has 0 radical (unpaired) electrons. The third kappa shape index (κ3) is 3.70. The van der Waals surface area contributed by atoms with Crippen LogP contribution in [-0.4, -0.2) is 44.9 Å². The molecule has 1 unspecified atom stereocenters. The Morgan fingerprint density at radius 2 is 1.93 bits per heavy atom. The molecule has 2 aromatic rings. The number of benzene rings is 2. The highest BCUT2D eigenvalue weighted by Crippen LogP contribution is 2.31. The van der Waals surface area contributed by atoms with Crippen molar-refractivity contribution in [2.75, 3.05) is 25.5 Å². The van der Waals surface area contributed by atoms with Gasteiger partial charge in [0.05, 0.1) is 11.4 Å². The lowest BCUT2D eigenvalue weighted by Gasteiger charge is -2.29. The van der Waals surface area contributed by atoms with E-state index in [1.165, 1.54) is 17.4 Å². The first kappa shape index (κ1) is 18.8. The zero-order valence-corrected chi connectivity index (χ0v) is 16.4. The van der Waals surface area contributed by atoms with E-state index in [-0.39, 0.29) is 24.0 Å². The summed E-state index contributed by atoms with van der Waals surface area (Å²) in [5.41, 5.74) is 1.52. The van der Waals surface area contributed by atoms with Crippen molar-refractivity contribution in [3.8, 4) is 11.5 Å². The summed E-state index contributed by atoms with van der Waals surface area (Å²) in [5.74, 6) is 1.24. The highest BCUT2D eigenvalue weighted by atomic mass is 32.2. The molecule has 2 aliphatic rings. The number of rotatable bonds is 4. The van der Waals surface area contributed by atoms with Gasteiger partial charge in [-0.2, -0.15) is 4.31 Å². The van der Waals surface area contributed by atoms with Gasteiger partial charge in [-0.1, -0.05) is 12.1 Å². The Morgan fingerprint density at radius 1 is 1.14 bits per heavy atom. The molecule has 8 heteroatoms. The second kappa shape index (κ2) is 7.44. The van der Waals surface area contributed by atoms with Crippen molar-refractivity contribution in [1.29, 1.82) is 0 Å². The van der Waals surface area contributed by atoms with E-state index in [9.17, 15) is 13.2 Å². The molecule has 0 bridgehead atoms. The van der Waals surface area contributed by atoms with Crippen LogP contribution in [0.4, 0.5) is 5.69 Å². The zero-order chi connectivity index (χ0) is 19.7. The summed E-state index contributed by atoms with van der Waals surface area (Å²) in [5, 5.41) is 2.82. The Kier molecular flexibility index (Phi) is 4.99. The van der Waals surface area contributed by atoms with Gasteiger partial charge in [0.15, 0.2) is 11.5 Å². The second-order valence-corrected chi connectivity index (χ2v) is 9.05. The fourth-order valence-corrected chi connectivity index (χ4v) is 4.68. The molecule has 148 valence electrons. The predicted octanol–water partition coefficient (Wildman–Crippen LogP) is 2.42. The van der Waals surface area contributed by atoms with E-state index in [4.69, 9.17) is 9.47 Å².